The van der Waals surface area contributed by atoms with E-state index in [2.05, 4.69) is 18.2 Å². The Morgan fingerprint density at radius 3 is 2.77 bits per heavy atom. The molecule has 1 aliphatic rings. The van der Waals surface area contributed by atoms with Gasteiger partial charge in [-0.1, -0.05) is 0 Å². The fourth-order valence-corrected chi connectivity index (χ4v) is 1.38. The molecule has 0 spiro atoms. The average molecular weight is 181 g/mol. The number of aliphatic imine (C=N–C) groups is 1. The van der Waals surface area contributed by atoms with Gasteiger partial charge in [-0.2, -0.15) is 0 Å². The van der Waals surface area contributed by atoms with E-state index in [-0.39, 0.29) is 5.78 Å². The van der Waals surface area contributed by atoms with E-state index in [1.807, 2.05) is 12.5 Å². The summed E-state index contributed by atoms with van der Waals surface area (Å²) in [4.78, 5) is 14.7. The number of Topliss-reactive ketones (excluding diaryl/α,β-unsaturated/α-hetero) is 1. The van der Waals surface area contributed by atoms with Crippen LogP contribution < -0.4 is 0 Å². The number of nitrogens with zero attached hydrogens (tertiary/aromatic N) is 2. The topological polar surface area (TPSA) is 29.4 Å². The van der Waals surface area contributed by atoms with E-state index in [1.165, 1.54) is 0 Å². The zero-order chi connectivity index (χ0) is 9.73. The monoisotopic (exact) mass is 181 g/mol. The van der Waals surface area contributed by atoms with Crippen molar-refractivity contribution in [1.29, 1.82) is 0 Å². The summed E-state index contributed by atoms with van der Waals surface area (Å²) in [5, 5.41) is 0. The Labute approximate surface area is 79.4 Å². The van der Waals surface area contributed by atoms with Crippen molar-refractivity contribution in [2.75, 3.05) is 13.6 Å². The smallest absolute Gasteiger partial charge is 0.194 e. The van der Waals surface area contributed by atoms with Crippen LogP contribution in [0.2, 0.25) is 0 Å². The van der Waals surface area contributed by atoms with E-state index in [1.54, 1.807) is 6.92 Å². The lowest BCUT2D eigenvalue weighted by molar-refractivity contribution is -0.756. The van der Waals surface area contributed by atoms with Crippen molar-refractivity contribution in [3.05, 3.63) is 12.4 Å². The maximum absolute atomic E-state index is 10.7. The molecule has 0 aromatic carbocycles. The van der Waals surface area contributed by atoms with Crippen molar-refractivity contribution >= 4 is 12.1 Å². The second kappa shape index (κ2) is 4.33. The highest BCUT2D eigenvalue weighted by Gasteiger charge is 2.18. The fraction of sp³-hybridized carbons (Fsp3) is 0.600. The summed E-state index contributed by atoms with van der Waals surface area (Å²) in [6, 6.07) is 0. The highest BCUT2D eigenvalue weighted by Crippen LogP contribution is 2.09. The van der Waals surface area contributed by atoms with Crippen molar-refractivity contribution in [2.45, 2.75) is 26.2 Å². The van der Waals surface area contributed by atoms with Crippen LogP contribution in [-0.4, -0.2) is 30.2 Å². The van der Waals surface area contributed by atoms with Gasteiger partial charge in [-0.25, -0.2) is 4.99 Å². The third kappa shape index (κ3) is 3.51. The molecule has 0 aromatic rings. The van der Waals surface area contributed by atoms with Gasteiger partial charge in [0.2, 0.25) is 0 Å². The predicted molar refractivity (Wildman–Crippen MR) is 53.2 cm³/mol. The quantitative estimate of drug-likeness (QED) is 0.469. The number of hydrogen-bond acceptors (Lipinski definition) is 2. The van der Waals surface area contributed by atoms with E-state index in [0.29, 0.717) is 6.42 Å². The summed E-state index contributed by atoms with van der Waals surface area (Å²) >= 11 is 0. The lowest BCUT2D eigenvalue weighted by atomic mass is 10.2. The lowest BCUT2D eigenvalue weighted by Crippen LogP contribution is -2.35. The van der Waals surface area contributed by atoms with Crippen LogP contribution in [0.3, 0.4) is 0 Å². The summed E-state index contributed by atoms with van der Waals surface area (Å²) in [6.07, 6.45) is 8.59. The molecular weight excluding hydrogens is 164 g/mol. The van der Waals surface area contributed by atoms with Crippen LogP contribution in [0, 0.1) is 0 Å². The van der Waals surface area contributed by atoms with Gasteiger partial charge in [0.25, 0.3) is 0 Å². The van der Waals surface area contributed by atoms with E-state index >= 15 is 0 Å². The van der Waals surface area contributed by atoms with E-state index < -0.39 is 0 Å². The second-order valence-electron chi connectivity index (χ2n) is 3.79. The molecule has 0 saturated heterocycles. The number of unbranched alkanes of at least 4 members (excludes halogenated alkanes) is 1. The maximum atomic E-state index is 10.7. The van der Waals surface area contributed by atoms with Crippen molar-refractivity contribution in [2.24, 2.45) is 4.99 Å². The van der Waals surface area contributed by atoms with Crippen LogP contribution in [0.5, 0.6) is 0 Å². The van der Waals surface area contributed by atoms with Crippen molar-refractivity contribution in [1.82, 2.24) is 0 Å². The molecule has 0 radical (unpaired) electrons. The van der Waals surface area contributed by atoms with E-state index in [0.717, 1.165) is 23.9 Å². The Kier molecular flexibility index (Phi) is 3.37. The second-order valence-corrected chi connectivity index (χ2v) is 3.79. The SMILES string of the molecule is CC(=O)CCCC[N+]1(C)C=CN=C1. The standard InChI is InChI=1S/C10H17N2O/c1-10(13)5-3-4-7-12(2)8-6-11-9-12/h6,8-9H,3-5,7H2,1-2H3/q+1. The molecule has 1 unspecified atom stereocenters. The first-order valence-corrected chi connectivity index (χ1v) is 4.69. The molecule has 0 N–H and O–H groups in total. The van der Waals surface area contributed by atoms with Crippen LogP contribution in [0.25, 0.3) is 0 Å². The number of quaternary nitrogens is 1. The molecule has 1 heterocycles. The molecule has 1 aliphatic heterocycles. The van der Waals surface area contributed by atoms with Gasteiger partial charge in [0, 0.05) is 6.42 Å². The Morgan fingerprint density at radius 2 is 2.23 bits per heavy atom. The minimum absolute atomic E-state index is 0.285. The molecule has 13 heavy (non-hydrogen) atoms. The minimum atomic E-state index is 0.285. The first-order chi connectivity index (χ1) is 6.12. The van der Waals surface area contributed by atoms with Gasteiger partial charge < -0.3 is 4.79 Å². The molecule has 3 heteroatoms. The van der Waals surface area contributed by atoms with Crippen molar-refractivity contribution in [3.8, 4) is 0 Å². The Hall–Kier alpha value is -0.960. The Bertz CT molecular complexity index is 231. The summed E-state index contributed by atoms with van der Waals surface area (Å²) < 4.78 is 0.776. The lowest BCUT2D eigenvalue weighted by Gasteiger charge is -2.21. The van der Waals surface area contributed by atoms with Gasteiger partial charge in [-0.05, 0) is 19.8 Å². The van der Waals surface area contributed by atoms with Gasteiger partial charge >= 0.3 is 0 Å². The van der Waals surface area contributed by atoms with Crippen LogP contribution >= 0.6 is 0 Å². The molecule has 0 fully saturated rings. The third-order valence-electron chi connectivity index (χ3n) is 2.24. The number of ketones is 1. The molecule has 0 amide bonds. The maximum Gasteiger partial charge on any atom is 0.194 e. The van der Waals surface area contributed by atoms with Gasteiger partial charge in [0.1, 0.15) is 12.0 Å². The van der Waals surface area contributed by atoms with Crippen molar-refractivity contribution < 1.29 is 9.28 Å². The number of rotatable bonds is 5. The van der Waals surface area contributed by atoms with E-state index in [9.17, 15) is 4.79 Å². The molecular formula is C10H17N2O+. The van der Waals surface area contributed by atoms with Crippen LogP contribution in [-0.2, 0) is 4.79 Å². The molecule has 1 atom stereocenters. The Balaban J connectivity index is 2.16. The summed E-state index contributed by atoms with van der Waals surface area (Å²) in [5.41, 5.74) is 0. The first kappa shape index (κ1) is 10.1. The zero-order valence-electron chi connectivity index (χ0n) is 8.36. The van der Waals surface area contributed by atoms with Gasteiger partial charge in [-0.3, -0.25) is 4.48 Å². The molecule has 0 aromatic heterocycles. The average Bonchev–Trinajstić information content (AvgIpc) is 2.47. The van der Waals surface area contributed by atoms with Gasteiger partial charge in [0.15, 0.2) is 6.34 Å². The largest absolute Gasteiger partial charge is 0.300 e. The third-order valence-corrected chi connectivity index (χ3v) is 2.24. The van der Waals surface area contributed by atoms with E-state index in [4.69, 9.17) is 0 Å². The molecule has 0 bridgehead atoms. The fourth-order valence-electron chi connectivity index (χ4n) is 1.38. The van der Waals surface area contributed by atoms with Gasteiger partial charge in [-0.15, -0.1) is 0 Å². The molecule has 3 nitrogen and oxygen atoms in total. The van der Waals surface area contributed by atoms with Gasteiger partial charge in [0.05, 0.1) is 19.8 Å². The number of carbonyl (C=O) groups excluding carboxylic acids is 1. The molecule has 72 valence electrons. The minimum Gasteiger partial charge on any atom is -0.300 e. The number of hydrogen-bond donors (Lipinski definition) is 0. The highest BCUT2D eigenvalue weighted by atomic mass is 16.1. The predicted octanol–water partition coefficient (Wildman–Crippen LogP) is 1.71. The first-order valence-electron chi connectivity index (χ1n) is 4.69. The molecule has 0 saturated carbocycles. The summed E-state index contributed by atoms with van der Waals surface area (Å²) in [5.74, 6) is 0.285. The number of carbonyl (C=O) groups is 1. The highest BCUT2D eigenvalue weighted by molar-refractivity contribution is 5.75. The normalized spacial score (nSPS) is 25.4. The van der Waals surface area contributed by atoms with Crippen molar-refractivity contribution in [3.63, 3.8) is 0 Å². The summed E-state index contributed by atoms with van der Waals surface area (Å²) in [7, 11) is 2.11. The van der Waals surface area contributed by atoms with Crippen LogP contribution in [0.4, 0.5) is 0 Å². The Morgan fingerprint density at radius 1 is 1.46 bits per heavy atom. The zero-order valence-corrected chi connectivity index (χ0v) is 8.36. The van der Waals surface area contributed by atoms with Crippen LogP contribution in [0.15, 0.2) is 17.4 Å². The van der Waals surface area contributed by atoms with Crippen LogP contribution in [0.1, 0.15) is 26.2 Å². The molecule has 0 aliphatic carbocycles. The summed E-state index contributed by atoms with van der Waals surface area (Å²) in [6.45, 7) is 2.68. The molecule has 1 rings (SSSR count).